The normalized spacial score (nSPS) is 9.83. The van der Waals surface area contributed by atoms with Crippen LogP contribution in [0.4, 0.5) is 4.39 Å². The summed E-state index contributed by atoms with van der Waals surface area (Å²) in [5.74, 6) is -0.293. The number of hydrogen-bond donors (Lipinski definition) is 2. The molecule has 0 spiro atoms. The maximum absolute atomic E-state index is 13.3. The number of aromatic amines is 1. The highest BCUT2D eigenvalue weighted by atomic mass is 19.1. The number of rotatable bonds is 2. The van der Waals surface area contributed by atoms with E-state index in [2.05, 4.69) is 10.3 Å². The average molecular weight is 250 g/mol. The van der Waals surface area contributed by atoms with E-state index in [-0.39, 0.29) is 11.7 Å². The van der Waals surface area contributed by atoms with Gasteiger partial charge in [0.1, 0.15) is 5.82 Å². The third-order valence-electron chi connectivity index (χ3n) is 2.48. The van der Waals surface area contributed by atoms with Gasteiger partial charge in [-0.25, -0.2) is 4.39 Å². The molecule has 0 aliphatic rings. The molecular formula is C14H19FN2O. The molecule has 18 heavy (non-hydrogen) atoms. The van der Waals surface area contributed by atoms with Crippen LogP contribution in [0.1, 0.15) is 32.0 Å². The van der Waals surface area contributed by atoms with Gasteiger partial charge in [0.05, 0.1) is 6.54 Å². The smallest absolute Gasteiger partial charge is 0.217 e. The van der Waals surface area contributed by atoms with Crippen molar-refractivity contribution in [3.05, 3.63) is 35.3 Å². The summed E-state index contributed by atoms with van der Waals surface area (Å²) in [7, 11) is 0. The van der Waals surface area contributed by atoms with Crippen LogP contribution >= 0.6 is 0 Å². The Morgan fingerprint density at radius 1 is 1.33 bits per heavy atom. The molecule has 3 nitrogen and oxygen atoms in total. The average Bonchev–Trinajstić information content (AvgIpc) is 2.72. The molecule has 0 radical (unpaired) electrons. The number of carbonyl (C=O) groups excluding carboxylic acids is 1. The van der Waals surface area contributed by atoms with E-state index >= 15 is 0 Å². The Kier molecular flexibility index (Phi) is 4.89. The van der Waals surface area contributed by atoms with Crippen LogP contribution in [0.3, 0.4) is 0 Å². The summed E-state index contributed by atoms with van der Waals surface area (Å²) in [6.07, 6.45) is 0. The predicted octanol–water partition coefficient (Wildman–Crippen LogP) is 3.28. The molecule has 1 aromatic heterocycles. The number of carbonyl (C=O) groups is 1. The fourth-order valence-electron chi connectivity index (χ4n) is 1.64. The molecule has 0 atom stereocenters. The van der Waals surface area contributed by atoms with Crippen molar-refractivity contribution in [2.24, 2.45) is 0 Å². The number of amides is 1. The van der Waals surface area contributed by atoms with E-state index in [0.717, 1.165) is 16.6 Å². The quantitative estimate of drug-likeness (QED) is 0.844. The zero-order valence-electron chi connectivity index (χ0n) is 11.2. The molecule has 98 valence electrons. The molecule has 4 heteroatoms. The molecule has 2 aromatic rings. The summed E-state index contributed by atoms with van der Waals surface area (Å²) >= 11 is 0. The molecule has 0 bridgehead atoms. The highest BCUT2D eigenvalue weighted by Gasteiger charge is 2.05. The first kappa shape index (κ1) is 14.2. The number of halogens is 1. The summed E-state index contributed by atoms with van der Waals surface area (Å²) in [5.41, 5.74) is 2.37. The molecule has 1 heterocycles. The standard InChI is InChI=1S/C12H13FN2O.C2H6/c1-7-3-12-9(5-11(7)13)4-10(15-12)6-14-8(2)16;1-2/h3-5,15H,6H2,1-2H3,(H,14,16);1-2H3. The van der Waals surface area contributed by atoms with Gasteiger partial charge >= 0.3 is 0 Å². The second kappa shape index (κ2) is 6.19. The molecular weight excluding hydrogens is 231 g/mol. The fourth-order valence-corrected chi connectivity index (χ4v) is 1.64. The molecule has 2 N–H and O–H groups in total. The van der Waals surface area contributed by atoms with Crippen molar-refractivity contribution < 1.29 is 9.18 Å². The lowest BCUT2D eigenvalue weighted by atomic mass is 10.2. The molecule has 0 aliphatic heterocycles. The third kappa shape index (κ3) is 3.32. The van der Waals surface area contributed by atoms with Crippen molar-refractivity contribution in [1.82, 2.24) is 10.3 Å². The van der Waals surface area contributed by atoms with Crippen molar-refractivity contribution in [1.29, 1.82) is 0 Å². The SMILES string of the molecule is CC.CC(=O)NCc1cc2cc(F)c(C)cc2[nH]1. The Labute approximate surface area is 106 Å². The maximum atomic E-state index is 13.3. The fraction of sp³-hybridized carbons (Fsp3) is 0.357. The predicted molar refractivity (Wildman–Crippen MR) is 71.9 cm³/mol. The summed E-state index contributed by atoms with van der Waals surface area (Å²) in [4.78, 5) is 13.9. The highest BCUT2D eigenvalue weighted by molar-refractivity contribution is 5.81. The van der Waals surface area contributed by atoms with Crippen LogP contribution in [0.25, 0.3) is 10.9 Å². The monoisotopic (exact) mass is 250 g/mol. The van der Waals surface area contributed by atoms with E-state index in [1.165, 1.54) is 13.0 Å². The van der Waals surface area contributed by atoms with Gasteiger partial charge < -0.3 is 10.3 Å². The molecule has 0 saturated carbocycles. The molecule has 1 aromatic carbocycles. The number of fused-ring (bicyclic) bond motifs is 1. The number of H-pyrrole nitrogens is 1. The zero-order chi connectivity index (χ0) is 13.7. The number of nitrogens with one attached hydrogen (secondary N) is 2. The zero-order valence-corrected chi connectivity index (χ0v) is 11.2. The third-order valence-corrected chi connectivity index (χ3v) is 2.48. The summed E-state index contributed by atoms with van der Waals surface area (Å²) in [5, 5.41) is 3.51. The number of benzene rings is 1. The minimum atomic E-state index is -0.211. The summed E-state index contributed by atoms with van der Waals surface area (Å²) in [6.45, 7) is 7.63. The van der Waals surface area contributed by atoms with E-state index in [4.69, 9.17) is 0 Å². The van der Waals surface area contributed by atoms with E-state index in [9.17, 15) is 9.18 Å². The van der Waals surface area contributed by atoms with Crippen molar-refractivity contribution in [3.8, 4) is 0 Å². The van der Waals surface area contributed by atoms with Gasteiger partial charge in [0.25, 0.3) is 0 Å². The Bertz CT molecular complexity index is 507. The van der Waals surface area contributed by atoms with Crippen LogP contribution < -0.4 is 5.32 Å². The topological polar surface area (TPSA) is 44.9 Å². The van der Waals surface area contributed by atoms with Gasteiger partial charge in [-0.05, 0) is 30.7 Å². The number of aryl methyl sites for hydroxylation is 1. The van der Waals surface area contributed by atoms with E-state index in [1.54, 1.807) is 13.0 Å². The minimum Gasteiger partial charge on any atom is -0.357 e. The summed E-state index contributed by atoms with van der Waals surface area (Å²) in [6, 6.07) is 5.11. The second-order valence-corrected chi connectivity index (χ2v) is 3.89. The van der Waals surface area contributed by atoms with Crippen LogP contribution in [-0.2, 0) is 11.3 Å². The number of hydrogen-bond acceptors (Lipinski definition) is 1. The minimum absolute atomic E-state index is 0.0824. The lowest BCUT2D eigenvalue weighted by molar-refractivity contribution is -0.119. The van der Waals surface area contributed by atoms with E-state index < -0.39 is 0 Å². The summed E-state index contributed by atoms with van der Waals surface area (Å²) < 4.78 is 13.3. The van der Waals surface area contributed by atoms with Gasteiger partial charge in [0.2, 0.25) is 5.91 Å². The van der Waals surface area contributed by atoms with Crippen LogP contribution in [0.2, 0.25) is 0 Å². The van der Waals surface area contributed by atoms with Gasteiger partial charge in [-0.1, -0.05) is 13.8 Å². The highest BCUT2D eigenvalue weighted by Crippen LogP contribution is 2.19. The number of aromatic nitrogens is 1. The lowest BCUT2D eigenvalue weighted by Crippen LogP contribution is -2.18. The van der Waals surface area contributed by atoms with Crippen molar-refractivity contribution in [3.63, 3.8) is 0 Å². The van der Waals surface area contributed by atoms with Crippen LogP contribution in [0.5, 0.6) is 0 Å². The molecule has 1 amide bonds. The molecule has 0 aliphatic carbocycles. The lowest BCUT2D eigenvalue weighted by Gasteiger charge is -1.97. The van der Waals surface area contributed by atoms with Gasteiger partial charge in [-0.15, -0.1) is 0 Å². The van der Waals surface area contributed by atoms with Crippen LogP contribution in [0, 0.1) is 12.7 Å². The van der Waals surface area contributed by atoms with Gasteiger partial charge in [-0.2, -0.15) is 0 Å². The second-order valence-electron chi connectivity index (χ2n) is 3.89. The largest absolute Gasteiger partial charge is 0.357 e. The Hall–Kier alpha value is -1.84. The first-order valence-electron chi connectivity index (χ1n) is 6.08. The van der Waals surface area contributed by atoms with E-state index in [1.807, 2.05) is 19.9 Å². The van der Waals surface area contributed by atoms with Gasteiger partial charge in [0, 0.05) is 23.5 Å². The van der Waals surface area contributed by atoms with E-state index in [0.29, 0.717) is 12.1 Å². The first-order chi connectivity index (χ1) is 8.56. The molecule has 0 unspecified atom stereocenters. The van der Waals surface area contributed by atoms with Crippen molar-refractivity contribution in [2.75, 3.05) is 0 Å². The molecule has 0 saturated heterocycles. The van der Waals surface area contributed by atoms with Crippen molar-refractivity contribution in [2.45, 2.75) is 34.2 Å². The Morgan fingerprint density at radius 3 is 2.61 bits per heavy atom. The van der Waals surface area contributed by atoms with Crippen LogP contribution in [0.15, 0.2) is 18.2 Å². The maximum Gasteiger partial charge on any atom is 0.217 e. The molecule has 2 rings (SSSR count). The van der Waals surface area contributed by atoms with Gasteiger partial charge in [-0.3, -0.25) is 4.79 Å². The Balaban J connectivity index is 0.000000771. The first-order valence-corrected chi connectivity index (χ1v) is 6.08. The Morgan fingerprint density at radius 2 is 2.00 bits per heavy atom. The van der Waals surface area contributed by atoms with Crippen LogP contribution in [-0.4, -0.2) is 10.9 Å². The van der Waals surface area contributed by atoms with Crippen molar-refractivity contribution >= 4 is 16.8 Å². The molecule has 0 fully saturated rings. The van der Waals surface area contributed by atoms with Gasteiger partial charge in [0.15, 0.2) is 0 Å².